The van der Waals surface area contributed by atoms with E-state index in [2.05, 4.69) is 27.3 Å². The maximum Gasteiger partial charge on any atom is 0.254 e. The first-order chi connectivity index (χ1) is 13.6. The molecule has 2 bridgehead atoms. The molecule has 29 heavy (non-hydrogen) atoms. The Morgan fingerprint density at radius 2 is 1.79 bits per heavy atom. The quantitative estimate of drug-likeness (QED) is 0.619. The Morgan fingerprint density at radius 1 is 1.10 bits per heavy atom. The average Bonchev–Trinajstić information content (AvgIpc) is 3.18. The van der Waals surface area contributed by atoms with Gasteiger partial charge in [-0.1, -0.05) is 41.9 Å². The van der Waals surface area contributed by atoms with Gasteiger partial charge in [0.05, 0.1) is 11.3 Å². The van der Waals surface area contributed by atoms with Gasteiger partial charge in [-0.3, -0.25) is 4.79 Å². The zero-order valence-electron chi connectivity index (χ0n) is 16.3. The molecule has 2 aliphatic rings. The second-order valence-electron chi connectivity index (χ2n) is 8.09. The first kappa shape index (κ1) is 20.3. The first-order valence-corrected chi connectivity index (χ1v) is 10.4. The Morgan fingerprint density at radius 3 is 2.48 bits per heavy atom. The summed E-state index contributed by atoms with van der Waals surface area (Å²) >= 11 is 6.29. The fraction of sp³-hybridized carbons (Fsp3) is 0.348. The highest BCUT2D eigenvalue weighted by molar-refractivity contribution is 6.31. The van der Waals surface area contributed by atoms with Gasteiger partial charge < -0.3 is 15.2 Å². The minimum Gasteiger partial charge on any atom is -0.349 e. The molecule has 0 saturated carbocycles. The molecule has 152 valence electrons. The number of aryl methyl sites for hydroxylation is 1. The standard InChI is InChI=1S/C23H24ClN3O.ClH/c1-27-20-10-7-15(24)11-19(20)21(22(27)14-5-3-2-4-6-14)23(28)26-18-12-16-8-9-17(13-18)25-16;/h2-7,10-11,16-18,25H,8-9,12-13H2,1H3,(H,26,28);1H/t16-,17+,18?;. The smallest absolute Gasteiger partial charge is 0.254 e. The van der Waals surface area contributed by atoms with Crippen LogP contribution < -0.4 is 10.6 Å². The molecule has 2 saturated heterocycles. The predicted octanol–water partition coefficient (Wildman–Crippen LogP) is 4.93. The number of aromatic nitrogens is 1. The Hall–Kier alpha value is -2.01. The van der Waals surface area contributed by atoms with E-state index in [0.29, 0.717) is 17.1 Å². The van der Waals surface area contributed by atoms with Gasteiger partial charge in [0.15, 0.2) is 0 Å². The summed E-state index contributed by atoms with van der Waals surface area (Å²) < 4.78 is 2.10. The Bertz CT molecular complexity index is 1040. The van der Waals surface area contributed by atoms with Crippen molar-refractivity contribution in [2.75, 3.05) is 0 Å². The molecule has 1 unspecified atom stereocenters. The van der Waals surface area contributed by atoms with Crippen molar-refractivity contribution in [2.24, 2.45) is 7.05 Å². The summed E-state index contributed by atoms with van der Waals surface area (Å²) in [6.07, 6.45) is 4.45. The lowest BCUT2D eigenvalue weighted by atomic mass is 9.98. The molecular weight excluding hydrogens is 405 g/mol. The lowest BCUT2D eigenvalue weighted by Crippen LogP contribution is -2.48. The van der Waals surface area contributed by atoms with Gasteiger partial charge in [-0.2, -0.15) is 0 Å². The lowest BCUT2D eigenvalue weighted by molar-refractivity contribution is 0.0926. The third-order valence-corrected chi connectivity index (χ3v) is 6.48. The molecule has 6 heteroatoms. The van der Waals surface area contributed by atoms with Gasteiger partial charge in [0, 0.05) is 41.1 Å². The van der Waals surface area contributed by atoms with Crippen molar-refractivity contribution in [3.8, 4) is 11.3 Å². The molecule has 3 aromatic rings. The van der Waals surface area contributed by atoms with Crippen LogP contribution in [-0.2, 0) is 7.05 Å². The number of halogens is 2. The van der Waals surface area contributed by atoms with Crippen LogP contribution in [0.4, 0.5) is 0 Å². The van der Waals surface area contributed by atoms with Crippen LogP contribution in [0.1, 0.15) is 36.0 Å². The summed E-state index contributed by atoms with van der Waals surface area (Å²) in [5, 5.41) is 8.53. The summed E-state index contributed by atoms with van der Waals surface area (Å²) in [6.45, 7) is 0. The Balaban J connectivity index is 0.00000205. The van der Waals surface area contributed by atoms with Crippen LogP contribution in [0.25, 0.3) is 22.2 Å². The number of hydrogen-bond donors (Lipinski definition) is 2. The molecular formula is C23H25Cl2N3O. The molecule has 2 fully saturated rings. The van der Waals surface area contributed by atoms with Gasteiger partial charge in [0.2, 0.25) is 0 Å². The topological polar surface area (TPSA) is 46.1 Å². The fourth-order valence-electron chi connectivity index (χ4n) is 5.01. The van der Waals surface area contributed by atoms with Gasteiger partial charge in [-0.15, -0.1) is 12.4 Å². The number of carbonyl (C=O) groups excluding carboxylic acids is 1. The SMILES string of the molecule is Cl.Cn1c(-c2ccccc2)c(C(=O)NC2C[C@H]3CC[C@@H](C2)N3)c2cc(Cl)ccc21. The highest BCUT2D eigenvalue weighted by atomic mass is 35.5. The van der Waals surface area contributed by atoms with Crippen molar-refractivity contribution in [2.45, 2.75) is 43.8 Å². The number of nitrogens with one attached hydrogen (secondary N) is 2. The highest BCUT2D eigenvalue weighted by Crippen LogP contribution is 2.35. The van der Waals surface area contributed by atoms with Crippen LogP contribution >= 0.6 is 24.0 Å². The van der Waals surface area contributed by atoms with Crippen LogP contribution in [-0.4, -0.2) is 28.6 Å². The summed E-state index contributed by atoms with van der Waals surface area (Å²) in [5.41, 5.74) is 3.70. The Labute approximate surface area is 182 Å². The van der Waals surface area contributed by atoms with Crippen molar-refractivity contribution in [3.05, 3.63) is 59.1 Å². The van der Waals surface area contributed by atoms with E-state index in [-0.39, 0.29) is 24.4 Å². The molecule has 2 aromatic carbocycles. The summed E-state index contributed by atoms with van der Waals surface area (Å²) in [4.78, 5) is 13.5. The van der Waals surface area contributed by atoms with Crippen LogP contribution in [0.3, 0.4) is 0 Å². The van der Waals surface area contributed by atoms with Gasteiger partial charge >= 0.3 is 0 Å². The van der Waals surface area contributed by atoms with Gasteiger partial charge in [0.25, 0.3) is 5.91 Å². The Kier molecular flexibility index (Phi) is 5.60. The molecule has 3 atom stereocenters. The van der Waals surface area contributed by atoms with E-state index >= 15 is 0 Å². The van der Waals surface area contributed by atoms with Gasteiger partial charge in [0.1, 0.15) is 0 Å². The molecule has 0 aliphatic carbocycles. The second kappa shape index (κ2) is 8.02. The molecule has 4 nitrogen and oxygen atoms in total. The molecule has 0 spiro atoms. The van der Waals surface area contributed by atoms with Gasteiger partial charge in [-0.05, 0) is 49.4 Å². The molecule has 5 rings (SSSR count). The number of fused-ring (bicyclic) bond motifs is 3. The maximum atomic E-state index is 13.5. The summed E-state index contributed by atoms with van der Waals surface area (Å²) in [7, 11) is 2.01. The minimum atomic E-state index is -0.00183. The van der Waals surface area contributed by atoms with E-state index in [1.54, 1.807) is 0 Å². The van der Waals surface area contributed by atoms with Crippen molar-refractivity contribution in [3.63, 3.8) is 0 Å². The molecule has 3 heterocycles. The molecule has 1 amide bonds. The molecule has 0 radical (unpaired) electrons. The van der Waals surface area contributed by atoms with Crippen molar-refractivity contribution >= 4 is 40.8 Å². The first-order valence-electron chi connectivity index (χ1n) is 10.0. The van der Waals surface area contributed by atoms with E-state index in [0.717, 1.165) is 40.6 Å². The van der Waals surface area contributed by atoms with E-state index in [9.17, 15) is 4.79 Å². The van der Waals surface area contributed by atoms with Crippen LogP contribution in [0.2, 0.25) is 5.02 Å². The average molecular weight is 430 g/mol. The third-order valence-electron chi connectivity index (χ3n) is 6.24. The summed E-state index contributed by atoms with van der Waals surface area (Å²) in [5.74, 6) is -0.00183. The number of benzene rings is 2. The van der Waals surface area contributed by atoms with Crippen LogP contribution in [0.5, 0.6) is 0 Å². The lowest BCUT2D eigenvalue weighted by Gasteiger charge is -2.29. The molecule has 2 N–H and O–H groups in total. The molecule has 1 aromatic heterocycles. The normalized spacial score (nSPS) is 23.0. The monoisotopic (exact) mass is 429 g/mol. The zero-order valence-corrected chi connectivity index (χ0v) is 17.9. The van der Waals surface area contributed by atoms with E-state index < -0.39 is 0 Å². The zero-order chi connectivity index (χ0) is 19.3. The van der Waals surface area contributed by atoms with Crippen molar-refractivity contribution in [1.82, 2.24) is 15.2 Å². The molecule has 2 aliphatic heterocycles. The van der Waals surface area contributed by atoms with Crippen molar-refractivity contribution < 1.29 is 4.79 Å². The van der Waals surface area contributed by atoms with E-state index in [1.807, 2.05) is 43.4 Å². The predicted molar refractivity (Wildman–Crippen MR) is 121 cm³/mol. The number of nitrogens with zero attached hydrogens (tertiary/aromatic N) is 1. The largest absolute Gasteiger partial charge is 0.349 e. The van der Waals surface area contributed by atoms with E-state index in [4.69, 9.17) is 11.6 Å². The number of rotatable bonds is 3. The van der Waals surface area contributed by atoms with Crippen LogP contribution in [0.15, 0.2) is 48.5 Å². The number of carbonyl (C=O) groups is 1. The second-order valence-corrected chi connectivity index (χ2v) is 8.53. The highest BCUT2D eigenvalue weighted by Gasteiger charge is 2.35. The van der Waals surface area contributed by atoms with Crippen molar-refractivity contribution in [1.29, 1.82) is 0 Å². The summed E-state index contributed by atoms with van der Waals surface area (Å²) in [6, 6.07) is 17.2. The van der Waals surface area contributed by atoms with Gasteiger partial charge in [-0.25, -0.2) is 0 Å². The number of piperidine rings is 1. The van der Waals surface area contributed by atoms with Crippen LogP contribution in [0, 0.1) is 0 Å². The number of amides is 1. The number of hydrogen-bond acceptors (Lipinski definition) is 2. The fourth-order valence-corrected chi connectivity index (χ4v) is 5.19. The minimum absolute atomic E-state index is 0. The maximum absolute atomic E-state index is 13.5. The van der Waals surface area contributed by atoms with E-state index in [1.165, 1.54) is 12.8 Å². The third kappa shape index (κ3) is 3.65.